The molecule has 33 heavy (non-hydrogen) atoms. The van der Waals surface area contributed by atoms with E-state index in [1.54, 1.807) is 72.7 Å². The molecule has 5 nitrogen and oxygen atoms in total. The molecule has 166 valence electrons. The van der Waals surface area contributed by atoms with E-state index in [1.807, 2.05) is 18.4 Å². The molecule has 8 heteroatoms. The molecule has 0 saturated heterocycles. The number of pyridine rings is 2. The average Bonchev–Trinajstić information content (AvgIpc) is 3.44. The topological polar surface area (TPSA) is 52.7 Å². The first kappa shape index (κ1) is 21.6. The van der Waals surface area contributed by atoms with Crippen LogP contribution in [0.4, 0.5) is 4.39 Å². The van der Waals surface area contributed by atoms with E-state index < -0.39 is 5.67 Å². The summed E-state index contributed by atoms with van der Waals surface area (Å²) in [7, 11) is 3.43. The number of hydrogen-bond acceptors (Lipinski definition) is 4. The molecule has 4 aromatic heterocycles. The van der Waals surface area contributed by atoms with Gasteiger partial charge in [0.15, 0.2) is 0 Å². The van der Waals surface area contributed by atoms with E-state index in [-0.39, 0.29) is 5.56 Å². The summed E-state index contributed by atoms with van der Waals surface area (Å²) in [5.74, 6) is 0. The summed E-state index contributed by atoms with van der Waals surface area (Å²) < 4.78 is 20.4. The summed E-state index contributed by atoms with van der Waals surface area (Å²) in [6.45, 7) is 2.00. The zero-order valence-corrected chi connectivity index (χ0v) is 19.8. The molecule has 1 aromatic carbocycles. The van der Waals surface area contributed by atoms with E-state index in [1.165, 1.54) is 17.0 Å². The minimum atomic E-state index is -2.03. The Balaban J connectivity index is 1.83. The molecule has 4 heterocycles. The molecular formula is C25H20ClFN4OS. The molecular weight excluding hydrogens is 459 g/mol. The van der Waals surface area contributed by atoms with Crippen molar-refractivity contribution in [2.24, 2.45) is 14.1 Å². The van der Waals surface area contributed by atoms with Gasteiger partial charge in [-0.15, -0.1) is 11.3 Å². The third-order valence-electron chi connectivity index (χ3n) is 5.88. The maximum Gasteiger partial charge on any atom is 0.252 e. The fourth-order valence-electron chi connectivity index (χ4n) is 4.12. The second-order valence-corrected chi connectivity index (χ2v) is 9.44. The molecule has 0 saturated carbocycles. The zero-order valence-electron chi connectivity index (χ0n) is 18.2. The molecule has 0 radical (unpaired) electrons. The van der Waals surface area contributed by atoms with Gasteiger partial charge in [-0.05, 0) is 47.7 Å². The van der Waals surface area contributed by atoms with Gasteiger partial charge >= 0.3 is 0 Å². The maximum absolute atomic E-state index is 17.3. The van der Waals surface area contributed by atoms with Crippen LogP contribution in [-0.4, -0.2) is 19.1 Å². The standard InChI is InChI=1S/C25H20ClFN4OS/c1-15-8-21(33-13-15)19-10-23(32)31(3)24-20(19)9-17(11-29-24)25(27,22-12-28-14-30(22)2)16-4-6-18(26)7-5-16/h4-14H,1-3H3/t25-/m1/s1. The smallest absolute Gasteiger partial charge is 0.252 e. The number of rotatable bonds is 4. The van der Waals surface area contributed by atoms with Gasteiger partial charge in [-0.25, -0.2) is 14.4 Å². The predicted molar refractivity (Wildman–Crippen MR) is 131 cm³/mol. The van der Waals surface area contributed by atoms with E-state index in [0.29, 0.717) is 32.9 Å². The van der Waals surface area contributed by atoms with Crippen molar-refractivity contribution in [3.63, 3.8) is 0 Å². The number of thiophene rings is 1. The van der Waals surface area contributed by atoms with Gasteiger partial charge in [0.2, 0.25) is 5.67 Å². The highest BCUT2D eigenvalue weighted by atomic mass is 35.5. The monoisotopic (exact) mass is 478 g/mol. The molecule has 0 spiro atoms. The van der Waals surface area contributed by atoms with E-state index >= 15 is 4.39 Å². The summed E-state index contributed by atoms with van der Waals surface area (Å²) in [4.78, 5) is 22.3. The Hall–Kier alpha value is -3.29. The average molecular weight is 479 g/mol. The normalized spacial score (nSPS) is 13.4. The molecule has 5 aromatic rings. The van der Waals surface area contributed by atoms with Gasteiger partial charge < -0.3 is 4.57 Å². The van der Waals surface area contributed by atoms with Crippen LogP contribution in [0.5, 0.6) is 0 Å². The number of aryl methyl sites for hydroxylation is 3. The van der Waals surface area contributed by atoms with E-state index in [4.69, 9.17) is 11.6 Å². The van der Waals surface area contributed by atoms with Crippen LogP contribution in [0.1, 0.15) is 22.4 Å². The lowest BCUT2D eigenvalue weighted by atomic mass is 9.85. The van der Waals surface area contributed by atoms with Gasteiger partial charge in [0.1, 0.15) is 5.65 Å². The third-order valence-corrected chi connectivity index (χ3v) is 7.21. The maximum atomic E-state index is 17.3. The van der Waals surface area contributed by atoms with Gasteiger partial charge in [0, 0.05) is 52.8 Å². The number of aromatic nitrogens is 4. The van der Waals surface area contributed by atoms with Crippen LogP contribution >= 0.6 is 22.9 Å². The summed E-state index contributed by atoms with van der Waals surface area (Å²) >= 11 is 7.63. The van der Waals surface area contributed by atoms with Crippen molar-refractivity contribution in [2.45, 2.75) is 12.6 Å². The number of fused-ring (bicyclic) bond motifs is 1. The summed E-state index contributed by atoms with van der Waals surface area (Å²) in [6.07, 6.45) is 4.58. The Bertz CT molecular complexity index is 1550. The Morgan fingerprint density at radius 2 is 1.82 bits per heavy atom. The number of imidazole rings is 1. The van der Waals surface area contributed by atoms with Gasteiger partial charge in [0.05, 0.1) is 18.2 Å². The first-order valence-electron chi connectivity index (χ1n) is 10.3. The van der Waals surface area contributed by atoms with E-state index in [2.05, 4.69) is 9.97 Å². The van der Waals surface area contributed by atoms with Crippen LogP contribution < -0.4 is 5.56 Å². The molecule has 0 fully saturated rings. The van der Waals surface area contributed by atoms with Crippen molar-refractivity contribution in [3.8, 4) is 10.4 Å². The Kier molecular flexibility index (Phi) is 5.18. The second-order valence-electron chi connectivity index (χ2n) is 8.09. The van der Waals surface area contributed by atoms with Crippen LogP contribution in [0.15, 0.2) is 71.4 Å². The van der Waals surface area contributed by atoms with Crippen LogP contribution in [0.3, 0.4) is 0 Å². The SMILES string of the molecule is Cc1csc(-c2cc(=O)n(C)c3ncc([C@](F)(c4ccc(Cl)cc4)c4cncn4C)cc23)c1. The molecule has 0 aliphatic heterocycles. The minimum Gasteiger partial charge on any atom is -0.334 e. The van der Waals surface area contributed by atoms with E-state index in [9.17, 15) is 4.79 Å². The summed E-state index contributed by atoms with van der Waals surface area (Å²) in [5, 5.41) is 3.25. The fraction of sp³-hybridized carbons (Fsp3) is 0.160. The van der Waals surface area contributed by atoms with Gasteiger partial charge in [-0.1, -0.05) is 23.7 Å². The van der Waals surface area contributed by atoms with Crippen molar-refractivity contribution in [1.82, 2.24) is 19.1 Å². The van der Waals surface area contributed by atoms with Gasteiger partial charge in [-0.2, -0.15) is 0 Å². The van der Waals surface area contributed by atoms with Crippen LogP contribution in [-0.2, 0) is 19.8 Å². The summed E-state index contributed by atoms with van der Waals surface area (Å²) in [5.41, 5.74) is 1.26. The van der Waals surface area contributed by atoms with Crippen molar-refractivity contribution in [3.05, 3.63) is 104 Å². The number of nitrogens with zero attached hydrogens (tertiary/aromatic N) is 4. The van der Waals surface area contributed by atoms with Crippen molar-refractivity contribution in [2.75, 3.05) is 0 Å². The van der Waals surface area contributed by atoms with Gasteiger partial charge in [-0.3, -0.25) is 9.36 Å². The third kappa shape index (κ3) is 3.48. The molecule has 1 atom stereocenters. The van der Waals surface area contributed by atoms with Gasteiger partial charge in [0.25, 0.3) is 5.56 Å². The van der Waals surface area contributed by atoms with Crippen molar-refractivity contribution >= 4 is 34.0 Å². The van der Waals surface area contributed by atoms with Crippen molar-refractivity contribution < 1.29 is 4.39 Å². The number of halogens is 2. The Labute approximate surface area is 198 Å². The molecule has 0 amide bonds. The van der Waals surface area contributed by atoms with Crippen LogP contribution in [0, 0.1) is 6.92 Å². The number of benzene rings is 1. The molecule has 0 aliphatic carbocycles. The minimum absolute atomic E-state index is 0.167. The fourth-order valence-corrected chi connectivity index (χ4v) is 5.18. The molecule has 0 aliphatic rings. The predicted octanol–water partition coefficient (Wildman–Crippen LogP) is 5.62. The Morgan fingerprint density at radius 1 is 1.06 bits per heavy atom. The highest BCUT2D eigenvalue weighted by Gasteiger charge is 2.40. The quantitative estimate of drug-likeness (QED) is 0.337. The highest BCUT2D eigenvalue weighted by Crippen LogP contribution is 2.42. The lowest BCUT2D eigenvalue weighted by Crippen LogP contribution is -2.27. The second kappa shape index (κ2) is 7.93. The van der Waals surface area contributed by atoms with Crippen LogP contribution in [0.25, 0.3) is 21.5 Å². The number of alkyl halides is 1. The largest absolute Gasteiger partial charge is 0.334 e. The molecule has 0 N–H and O–H groups in total. The van der Waals surface area contributed by atoms with E-state index in [0.717, 1.165) is 16.0 Å². The zero-order chi connectivity index (χ0) is 23.3. The lowest BCUT2D eigenvalue weighted by Gasteiger charge is -2.27. The number of hydrogen-bond donors (Lipinski definition) is 0. The summed E-state index contributed by atoms with van der Waals surface area (Å²) in [6, 6.07) is 12.1. The first-order chi connectivity index (χ1) is 15.8. The van der Waals surface area contributed by atoms with Crippen LogP contribution in [0.2, 0.25) is 5.02 Å². The molecule has 0 unspecified atom stereocenters. The molecule has 5 rings (SSSR count). The van der Waals surface area contributed by atoms with Crippen molar-refractivity contribution in [1.29, 1.82) is 0 Å². The first-order valence-corrected chi connectivity index (χ1v) is 11.5. The lowest BCUT2D eigenvalue weighted by molar-refractivity contribution is 0.266. The highest BCUT2D eigenvalue weighted by molar-refractivity contribution is 7.13. The molecule has 0 bridgehead atoms. The Morgan fingerprint density at radius 3 is 2.45 bits per heavy atom.